The lowest BCUT2D eigenvalue weighted by Crippen LogP contribution is -2.22. The molecule has 2 heterocycles. The predicted molar refractivity (Wildman–Crippen MR) is 78.0 cm³/mol. The number of likely N-dealkylation sites (N-methyl/N-ethyl adjacent to an activating group) is 1. The van der Waals surface area contributed by atoms with Gasteiger partial charge in [-0.2, -0.15) is 0 Å². The van der Waals surface area contributed by atoms with Crippen molar-refractivity contribution in [3.8, 4) is 5.88 Å². The highest BCUT2D eigenvalue weighted by molar-refractivity contribution is 7.16. The molecule has 1 unspecified atom stereocenters. The maximum atomic E-state index is 6.00. The molecule has 2 aromatic rings. The quantitative estimate of drug-likeness (QED) is 0.890. The summed E-state index contributed by atoms with van der Waals surface area (Å²) in [6.07, 6.45) is 2.31. The minimum Gasteiger partial charge on any atom is -0.481 e. The van der Waals surface area contributed by atoms with Crippen LogP contribution >= 0.6 is 22.9 Å². The highest BCUT2D eigenvalue weighted by Gasteiger charge is 2.14. The molecule has 0 aliphatic rings. The summed E-state index contributed by atoms with van der Waals surface area (Å²) in [6.45, 7) is 2.98. The normalized spacial score (nSPS) is 12.4. The zero-order valence-electron chi connectivity index (χ0n) is 10.9. The van der Waals surface area contributed by atoms with Crippen LogP contribution in [0.3, 0.4) is 0 Å². The molecule has 0 amide bonds. The molecule has 0 saturated heterocycles. The lowest BCUT2D eigenvalue weighted by molar-refractivity contribution is 0.395. The van der Waals surface area contributed by atoms with Crippen LogP contribution in [0.25, 0.3) is 0 Å². The van der Waals surface area contributed by atoms with Crippen molar-refractivity contribution < 1.29 is 4.74 Å². The number of rotatable bonds is 6. The number of ether oxygens (including phenoxy) is 1. The van der Waals surface area contributed by atoms with Gasteiger partial charge in [0.15, 0.2) is 0 Å². The molecule has 0 saturated carbocycles. The summed E-state index contributed by atoms with van der Waals surface area (Å²) in [5.41, 5.74) is 0.947. The summed E-state index contributed by atoms with van der Waals surface area (Å²) in [6, 6.07) is 6.05. The summed E-state index contributed by atoms with van der Waals surface area (Å²) in [5.74, 6) is 0.587. The second-order valence-electron chi connectivity index (χ2n) is 4.01. The van der Waals surface area contributed by atoms with Crippen molar-refractivity contribution in [3.05, 3.63) is 39.4 Å². The van der Waals surface area contributed by atoms with Crippen LogP contribution in [-0.2, 0) is 6.42 Å². The Morgan fingerprint density at radius 1 is 1.42 bits per heavy atom. The molecule has 0 fully saturated rings. The van der Waals surface area contributed by atoms with Crippen molar-refractivity contribution in [1.29, 1.82) is 0 Å². The van der Waals surface area contributed by atoms with E-state index in [1.807, 2.05) is 12.1 Å². The molecule has 4 nitrogen and oxygen atoms in total. The first-order valence-electron chi connectivity index (χ1n) is 6.06. The standard InChI is InChI=1S/C13H16ClN3OS/c1-3-15-10(11-4-5-12(14)19-11)6-9-7-13(18-2)17-8-16-9/h4-5,7-8,10,15H,3,6H2,1-2H3. The number of nitrogens with zero attached hydrogens (tertiary/aromatic N) is 2. The third kappa shape index (κ3) is 3.89. The van der Waals surface area contributed by atoms with Crippen molar-refractivity contribution in [3.63, 3.8) is 0 Å². The van der Waals surface area contributed by atoms with Gasteiger partial charge in [0.2, 0.25) is 5.88 Å². The van der Waals surface area contributed by atoms with Crippen LogP contribution in [0.2, 0.25) is 4.34 Å². The Bertz CT molecular complexity index is 532. The molecule has 0 spiro atoms. The van der Waals surface area contributed by atoms with E-state index in [9.17, 15) is 0 Å². The van der Waals surface area contributed by atoms with Crippen LogP contribution < -0.4 is 10.1 Å². The molecular formula is C13H16ClN3OS. The van der Waals surface area contributed by atoms with E-state index in [4.69, 9.17) is 16.3 Å². The number of hydrogen-bond donors (Lipinski definition) is 1. The smallest absolute Gasteiger partial charge is 0.216 e. The summed E-state index contributed by atoms with van der Waals surface area (Å²) in [5, 5.41) is 3.45. The van der Waals surface area contributed by atoms with E-state index in [2.05, 4.69) is 28.3 Å². The van der Waals surface area contributed by atoms with Crippen molar-refractivity contribution in [2.24, 2.45) is 0 Å². The van der Waals surface area contributed by atoms with Crippen molar-refractivity contribution in [2.75, 3.05) is 13.7 Å². The zero-order valence-corrected chi connectivity index (χ0v) is 12.5. The first kappa shape index (κ1) is 14.2. The van der Waals surface area contributed by atoms with E-state index >= 15 is 0 Å². The molecule has 0 radical (unpaired) electrons. The molecule has 1 N–H and O–H groups in total. The van der Waals surface area contributed by atoms with Gasteiger partial charge in [0.25, 0.3) is 0 Å². The van der Waals surface area contributed by atoms with Crippen LogP contribution in [0.15, 0.2) is 24.5 Å². The molecule has 6 heteroatoms. The average molecular weight is 298 g/mol. The van der Waals surface area contributed by atoms with Crippen LogP contribution in [0.1, 0.15) is 23.5 Å². The van der Waals surface area contributed by atoms with Gasteiger partial charge in [-0.1, -0.05) is 18.5 Å². The Morgan fingerprint density at radius 2 is 2.26 bits per heavy atom. The maximum absolute atomic E-state index is 6.00. The SMILES string of the molecule is CCNC(Cc1cc(OC)ncn1)c1ccc(Cl)s1. The Labute approximate surface area is 121 Å². The molecular weight excluding hydrogens is 282 g/mol. The van der Waals surface area contributed by atoms with Crippen LogP contribution in [-0.4, -0.2) is 23.6 Å². The molecule has 0 aliphatic carbocycles. The third-order valence-electron chi connectivity index (χ3n) is 2.71. The van der Waals surface area contributed by atoms with Gasteiger partial charge in [0.05, 0.1) is 11.4 Å². The third-order valence-corrected chi connectivity index (χ3v) is 4.05. The van der Waals surface area contributed by atoms with Crippen LogP contribution in [0.5, 0.6) is 5.88 Å². The largest absolute Gasteiger partial charge is 0.481 e. The second-order valence-corrected chi connectivity index (χ2v) is 5.75. The van der Waals surface area contributed by atoms with E-state index in [1.165, 1.54) is 11.2 Å². The number of halogens is 1. The predicted octanol–water partition coefficient (Wildman–Crippen LogP) is 3.09. The number of thiophene rings is 1. The van der Waals surface area contributed by atoms with Crippen molar-refractivity contribution >= 4 is 22.9 Å². The first-order chi connectivity index (χ1) is 9.22. The zero-order chi connectivity index (χ0) is 13.7. The molecule has 1 atom stereocenters. The molecule has 0 bridgehead atoms. The Morgan fingerprint density at radius 3 is 2.89 bits per heavy atom. The number of methoxy groups -OCH3 is 1. The summed E-state index contributed by atoms with van der Waals surface area (Å²) >= 11 is 7.59. The summed E-state index contributed by atoms with van der Waals surface area (Å²) in [4.78, 5) is 9.51. The fourth-order valence-electron chi connectivity index (χ4n) is 1.84. The van der Waals surface area contributed by atoms with Crippen LogP contribution in [0.4, 0.5) is 0 Å². The molecule has 0 aliphatic heterocycles. The lowest BCUT2D eigenvalue weighted by atomic mass is 10.1. The minimum absolute atomic E-state index is 0.210. The molecule has 0 aromatic carbocycles. The fourth-order valence-corrected chi connectivity index (χ4v) is 2.98. The van der Waals surface area contributed by atoms with Gasteiger partial charge in [-0.25, -0.2) is 9.97 Å². The summed E-state index contributed by atoms with van der Waals surface area (Å²) in [7, 11) is 1.60. The van der Waals surface area contributed by atoms with E-state index in [-0.39, 0.29) is 6.04 Å². The highest BCUT2D eigenvalue weighted by atomic mass is 35.5. The van der Waals surface area contributed by atoms with Gasteiger partial charge in [-0.3, -0.25) is 0 Å². The first-order valence-corrected chi connectivity index (χ1v) is 7.26. The molecule has 2 aromatic heterocycles. The average Bonchev–Trinajstić information content (AvgIpc) is 2.85. The molecule has 102 valence electrons. The Kier molecular flexibility index (Phi) is 5.13. The van der Waals surface area contributed by atoms with Gasteiger partial charge in [0, 0.05) is 29.1 Å². The number of hydrogen-bond acceptors (Lipinski definition) is 5. The number of aromatic nitrogens is 2. The van der Waals surface area contributed by atoms with Gasteiger partial charge >= 0.3 is 0 Å². The highest BCUT2D eigenvalue weighted by Crippen LogP contribution is 2.28. The van der Waals surface area contributed by atoms with Crippen LogP contribution in [0, 0.1) is 0 Å². The van der Waals surface area contributed by atoms with Gasteiger partial charge in [-0.15, -0.1) is 11.3 Å². The van der Waals surface area contributed by atoms with Gasteiger partial charge < -0.3 is 10.1 Å². The monoisotopic (exact) mass is 297 g/mol. The Hall–Kier alpha value is -1.17. The van der Waals surface area contributed by atoms with E-state index in [1.54, 1.807) is 18.4 Å². The van der Waals surface area contributed by atoms with E-state index < -0.39 is 0 Å². The van der Waals surface area contributed by atoms with Crippen molar-refractivity contribution in [1.82, 2.24) is 15.3 Å². The minimum atomic E-state index is 0.210. The molecule has 19 heavy (non-hydrogen) atoms. The second kappa shape index (κ2) is 6.84. The van der Waals surface area contributed by atoms with Gasteiger partial charge in [0.1, 0.15) is 6.33 Å². The fraction of sp³-hybridized carbons (Fsp3) is 0.385. The summed E-state index contributed by atoms with van der Waals surface area (Å²) < 4.78 is 5.92. The maximum Gasteiger partial charge on any atom is 0.216 e. The number of nitrogens with one attached hydrogen (secondary N) is 1. The van der Waals surface area contributed by atoms with Crippen molar-refractivity contribution in [2.45, 2.75) is 19.4 Å². The topological polar surface area (TPSA) is 47.0 Å². The molecule has 2 rings (SSSR count). The lowest BCUT2D eigenvalue weighted by Gasteiger charge is -2.16. The van der Waals surface area contributed by atoms with E-state index in [0.717, 1.165) is 23.0 Å². The van der Waals surface area contributed by atoms with Gasteiger partial charge in [-0.05, 0) is 18.7 Å². The Balaban J connectivity index is 2.16. The van der Waals surface area contributed by atoms with E-state index in [0.29, 0.717) is 5.88 Å².